The average Bonchev–Trinajstić information content (AvgIpc) is 2.69. The number of nitrogens with one attached hydrogen (secondary N) is 1. The molecule has 0 radical (unpaired) electrons. The summed E-state index contributed by atoms with van der Waals surface area (Å²) in [5.74, 6) is 1.32. The van der Waals surface area contributed by atoms with Crippen LogP contribution < -0.4 is 10.2 Å². The van der Waals surface area contributed by atoms with Gasteiger partial charge in [0.2, 0.25) is 0 Å². The molecular formula is C21H26FN3O2S. The molecule has 0 aliphatic carbocycles. The summed E-state index contributed by atoms with van der Waals surface area (Å²) >= 11 is 1.57. The topological polar surface area (TPSA) is 54.5 Å². The Kier molecular flexibility index (Phi) is 6.91. The second kappa shape index (κ2) is 9.39. The lowest BCUT2D eigenvalue weighted by Gasteiger charge is -2.28. The Bertz CT molecular complexity index is 854. The summed E-state index contributed by atoms with van der Waals surface area (Å²) < 4.78 is 18.9. The highest BCUT2D eigenvalue weighted by molar-refractivity contribution is 7.99. The molecule has 0 saturated carbocycles. The zero-order valence-corrected chi connectivity index (χ0v) is 17.4. The molecule has 1 saturated heterocycles. The minimum atomic E-state index is -0.240. The van der Waals surface area contributed by atoms with E-state index in [2.05, 4.69) is 10.2 Å². The molecule has 1 amide bonds. The highest BCUT2D eigenvalue weighted by Crippen LogP contribution is 2.28. The second-order valence-corrected chi connectivity index (χ2v) is 8.03. The summed E-state index contributed by atoms with van der Waals surface area (Å²) in [6.07, 6.45) is 0. The number of benzene rings is 1. The molecule has 2 heterocycles. The van der Waals surface area contributed by atoms with E-state index in [1.54, 1.807) is 30.8 Å². The van der Waals surface area contributed by atoms with Crippen molar-refractivity contribution in [1.82, 2.24) is 10.3 Å². The number of ether oxygens (including phenoxy) is 1. The molecule has 28 heavy (non-hydrogen) atoms. The summed E-state index contributed by atoms with van der Waals surface area (Å²) in [5.41, 5.74) is 2.96. The molecular weight excluding hydrogens is 377 g/mol. The van der Waals surface area contributed by atoms with E-state index in [-0.39, 0.29) is 11.7 Å². The number of aromatic nitrogens is 1. The second-order valence-electron chi connectivity index (χ2n) is 6.78. The summed E-state index contributed by atoms with van der Waals surface area (Å²) in [6.45, 7) is 9.05. The number of amides is 1. The molecule has 0 bridgehead atoms. The van der Waals surface area contributed by atoms with Crippen molar-refractivity contribution in [1.29, 1.82) is 0 Å². The van der Waals surface area contributed by atoms with Gasteiger partial charge in [-0.3, -0.25) is 4.79 Å². The maximum atomic E-state index is 13.4. The van der Waals surface area contributed by atoms with Gasteiger partial charge in [0, 0.05) is 19.6 Å². The first-order valence-corrected chi connectivity index (χ1v) is 10.5. The van der Waals surface area contributed by atoms with Gasteiger partial charge in [-0.15, -0.1) is 11.8 Å². The van der Waals surface area contributed by atoms with Gasteiger partial charge in [-0.1, -0.05) is 19.1 Å². The predicted octanol–water partition coefficient (Wildman–Crippen LogP) is 3.72. The Morgan fingerprint density at radius 3 is 2.68 bits per heavy atom. The predicted molar refractivity (Wildman–Crippen MR) is 111 cm³/mol. The fourth-order valence-electron chi connectivity index (χ4n) is 3.19. The quantitative estimate of drug-likeness (QED) is 0.745. The molecule has 1 aliphatic rings. The molecule has 5 nitrogen and oxygen atoms in total. The Morgan fingerprint density at radius 2 is 2.00 bits per heavy atom. The summed E-state index contributed by atoms with van der Waals surface area (Å²) in [6, 6.07) is 6.85. The van der Waals surface area contributed by atoms with Crippen LogP contribution in [0.15, 0.2) is 29.3 Å². The van der Waals surface area contributed by atoms with Crippen LogP contribution in [0.2, 0.25) is 0 Å². The van der Waals surface area contributed by atoms with Gasteiger partial charge in [0.15, 0.2) is 0 Å². The van der Waals surface area contributed by atoms with Crippen LogP contribution in [-0.4, -0.2) is 42.9 Å². The van der Waals surface area contributed by atoms with E-state index < -0.39 is 0 Å². The summed E-state index contributed by atoms with van der Waals surface area (Å²) in [5, 5.41) is 3.70. The average molecular weight is 404 g/mol. The number of thioether (sulfide) groups is 1. The first-order valence-electron chi connectivity index (χ1n) is 9.50. The van der Waals surface area contributed by atoms with Crippen LogP contribution in [0.1, 0.15) is 34.0 Å². The van der Waals surface area contributed by atoms with Crippen molar-refractivity contribution >= 4 is 23.5 Å². The number of hydrogen-bond acceptors (Lipinski definition) is 5. The van der Waals surface area contributed by atoms with Crippen molar-refractivity contribution in [3.63, 3.8) is 0 Å². The fourth-order valence-corrected chi connectivity index (χ4v) is 4.02. The van der Waals surface area contributed by atoms with Gasteiger partial charge in [-0.05, 0) is 48.4 Å². The van der Waals surface area contributed by atoms with E-state index in [1.807, 2.05) is 19.9 Å². The van der Waals surface area contributed by atoms with Gasteiger partial charge in [-0.2, -0.15) is 0 Å². The molecule has 7 heteroatoms. The first-order chi connectivity index (χ1) is 13.5. The zero-order chi connectivity index (χ0) is 20.1. The van der Waals surface area contributed by atoms with Crippen molar-refractivity contribution in [3.05, 3.63) is 52.3 Å². The van der Waals surface area contributed by atoms with Gasteiger partial charge in [-0.25, -0.2) is 9.37 Å². The van der Waals surface area contributed by atoms with Gasteiger partial charge < -0.3 is 15.0 Å². The Morgan fingerprint density at radius 1 is 1.25 bits per heavy atom. The van der Waals surface area contributed by atoms with Crippen molar-refractivity contribution < 1.29 is 13.9 Å². The number of aryl methyl sites for hydroxylation is 2. The number of hydrogen-bond donors (Lipinski definition) is 1. The molecule has 1 aromatic heterocycles. The van der Waals surface area contributed by atoms with E-state index >= 15 is 0 Å². The van der Waals surface area contributed by atoms with Crippen LogP contribution in [0.5, 0.6) is 0 Å². The lowest BCUT2D eigenvalue weighted by atomic mass is 10.1. The van der Waals surface area contributed by atoms with Crippen LogP contribution in [-0.2, 0) is 11.3 Å². The maximum Gasteiger partial charge on any atom is 0.254 e. The molecule has 3 rings (SSSR count). The third kappa shape index (κ3) is 4.83. The number of rotatable bonds is 6. The summed E-state index contributed by atoms with van der Waals surface area (Å²) in [4.78, 5) is 19.9. The zero-order valence-electron chi connectivity index (χ0n) is 16.5. The van der Waals surface area contributed by atoms with E-state index in [1.165, 1.54) is 6.07 Å². The molecule has 0 unspecified atom stereocenters. The molecule has 0 spiro atoms. The van der Waals surface area contributed by atoms with E-state index in [4.69, 9.17) is 9.72 Å². The smallest absolute Gasteiger partial charge is 0.254 e. The Hall–Kier alpha value is -2.12. The molecule has 2 aromatic rings. The van der Waals surface area contributed by atoms with Gasteiger partial charge in [0.05, 0.1) is 18.8 Å². The number of anilines is 1. The maximum absolute atomic E-state index is 13.4. The molecule has 150 valence electrons. The first kappa shape index (κ1) is 20.6. The van der Waals surface area contributed by atoms with Gasteiger partial charge in [0.1, 0.15) is 16.7 Å². The molecule has 1 aliphatic heterocycles. The number of halogens is 1. The Labute approximate surface area is 169 Å². The number of morpholine rings is 1. The molecule has 0 atom stereocenters. The monoisotopic (exact) mass is 403 g/mol. The van der Waals surface area contributed by atoms with Crippen molar-refractivity contribution in [2.75, 3.05) is 37.0 Å². The van der Waals surface area contributed by atoms with E-state index in [0.717, 1.165) is 40.8 Å². The highest BCUT2D eigenvalue weighted by atomic mass is 32.2. The van der Waals surface area contributed by atoms with Crippen LogP contribution in [0, 0.1) is 19.7 Å². The fraction of sp³-hybridized carbons (Fsp3) is 0.429. The normalized spacial score (nSPS) is 14.2. The highest BCUT2D eigenvalue weighted by Gasteiger charge is 2.20. The molecule has 1 aromatic carbocycles. The van der Waals surface area contributed by atoms with Crippen LogP contribution in [0.4, 0.5) is 10.2 Å². The lowest BCUT2D eigenvalue weighted by Crippen LogP contribution is -2.37. The summed E-state index contributed by atoms with van der Waals surface area (Å²) in [7, 11) is 0. The van der Waals surface area contributed by atoms with E-state index in [0.29, 0.717) is 30.9 Å². The minimum absolute atomic E-state index is 0.156. The van der Waals surface area contributed by atoms with Gasteiger partial charge >= 0.3 is 0 Å². The van der Waals surface area contributed by atoms with Gasteiger partial charge in [0.25, 0.3) is 5.91 Å². The number of nitrogens with zero attached hydrogens (tertiary/aromatic N) is 2. The van der Waals surface area contributed by atoms with Crippen molar-refractivity contribution in [2.24, 2.45) is 0 Å². The third-order valence-electron chi connectivity index (χ3n) is 4.69. The SMILES string of the molecule is CCSc1nc(N2CCOCC2)cc(C)c1C(=O)NCc1ccc(F)c(C)c1. The number of pyridine rings is 1. The van der Waals surface area contributed by atoms with Crippen LogP contribution in [0.25, 0.3) is 0 Å². The van der Waals surface area contributed by atoms with Crippen LogP contribution in [0.3, 0.4) is 0 Å². The molecule has 1 fully saturated rings. The van der Waals surface area contributed by atoms with Crippen LogP contribution >= 0.6 is 11.8 Å². The van der Waals surface area contributed by atoms with Crippen molar-refractivity contribution in [3.8, 4) is 0 Å². The van der Waals surface area contributed by atoms with E-state index in [9.17, 15) is 9.18 Å². The number of carbonyl (C=O) groups excluding carboxylic acids is 1. The minimum Gasteiger partial charge on any atom is -0.378 e. The molecule has 1 N–H and O–H groups in total. The number of carbonyl (C=O) groups is 1. The lowest BCUT2D eigenvalue weighted by molar-refractivity contribution is 0.0946. The van der Waals surface area contributed by atoms with Crippen molar-refractivity contribution in [2.45, 2.75) is 32.3 Å². The Balaban J connectivity index is 1.80. The third-order valence-corrected chi connectivity index (χ3v) is 5.55. The largest absolute Gasteiger partial charge is 0.378 e. The standard InChI is InChI=1S/C21H26FN3O2S/c1-4-28-21-19(15(3)12-18(24-21)25-7-9-27-10-8-25)20(26)23-13-16-5-6-17(22)14(2)11-16/h5-6,11-12H,4,7-10,13H2,1-3H3,(H,23,26).